The molecule has 0 aromatic heterocycles. The van der Waals surface area contributed by atoms with Crippen LogP contribution in [0.1, 0.15) is 27.7 Å². The summed E-state index contributed by atoms with van der Waals surface area (Å²) in [5.74, 6) is 1.08. The number of ketones is 2. The van der Waals surface area contributed by atoms with Crippen LogP contribution >= 0.6 is 0 Å². The minimum absolute atomic E-state index is 0.0854. The van der Waals surface area contributed by atoms with E-state index in [9.17, 15) is 9.59 Å². The molecule has 22 heavy (non-hydrogen) atoms. The van der Waals surface area contributed by atoms with E-state index < -0.39 is 6.51 Å². The molecule has 8 atom stereocenters. The van der Waals surface area contributed by atoms with Crippen molar-refractivity contribution >= 4 is 11.6 Å². The summed E-state index contributed by atoms with van der Waals surface area (Å²) < 4.78 is 0.390. The van der Waals surface area contributed by atoms with Gasteiger partial charge in [0.05, 0.1) is 0 Å². The summed E-state index contributed by atoms with van der Waals surface area (Å²) in [6, 6.07) is 0. The molecule has 1 spiro atoms. The topological polar surface area (TPSA) is 34.1 Å². The third-order valence-corrected chi connectivity index (χ3v) is 59.3. The monoisotopic (exact) mass is 338 g/mol. The zero-order chi connectivity index (χ0) is 15.0. The molecule has 118 valence electrons. The molecule has 10 rings (SSSR count). The van der Waals surface area contributed by atoms with Crippen LogP contribution in [-0.4, -0.2) is 11.6 Å². The van der Waals surface area contributed by atoms with E-state index in [0.29, 0.717) is 11.6 Å². The van der Waals surface area contributed by atoms with Crippen LogP contribution < -0.4 is 0 Å². The second kappa shape index (κ2) is 0.884. The zero-order valence-electron chi connectivity index (χ0n) is 13.4. The molecule has 10 saturated heterocycles. The van der Waals surface area contributed by atoms with Gasteiger partial charge in [0, 0.05) is 0 Å². The van der Waals surface area contributed by atoms with Crippen LogP contribution in [0.5, 0.6) is 0 Å². The molecule has 0 amide bonds. The van der Waals surface area contributed by atoms with Gasteiger partial charge in [-0.1, -0.05) is 0 Å². The summed E-state index contributed by atoms with van der Waals surface area (Å²) in [6.45, 7) is 4.63. The molecule has 8 unspecified atom stereocenters. The van der Waals surface area contributed by atoms with Gasteiger partial charge in [-0.25, -0.2) is 0 Å². The zero-order valence-corrected chi connectivity index (χ0v) is 14.5. The summed E-state index contributed by atoms with van der Waals surface area (Å²) >= 11 is 0. The van der Waals surface area contributed by atoms with Crippen LogP contribution in [0.4, 0.5) is 0 Å². The second-order valence-corrected chi connectivity index (χ2v) is 36.6. The molecule has 10 fully saturated rings. The molecule has 0 aromatic rings. The Labute approximate surface area is 120 Å². The van der Waals surface area contributed by atoms with Crippen molar-refractivity contribution in [3.05, 3.63) is 12.2 Å². The van der Waals surface area contributed by atoms with Crippen molar-refractivity contribution in [2.24, 2.45) is 5.41 Å². The number of carbonyl (C=O) groups excluding carboxylic acids is 2. The Balaban J connectivity index is 1.37. The number of allylic oxidation sites excluding steroid dienone is 2. The van der Waals surface area contributed by atoms with Crippen LogP contribution in [0.15, 0.2) is 12.2 Å². The second-order valence-electron chi connectivity index (χ2n) is 13.4. The van der Waals surface area contributed by atoms with Crippen molar-refractivity contribution in [1.29, 1.82) is 0 Å². The minimum atomic E-state index is -3.79. The van der Waals surface area contributed by atoms with E-state index in [1.807, 2.05) is 13.0 Å². The number of hydrogen-bond donors (Lipinski definition) is 0. The van der Waals surface area contributed by atoms with Gasteiger partial charge in [-0.3, -0.25) is 0 Å². The fourth-order valence-corrected chi connectivity index (χ4v) is 94.8. The summed E-state index contributed by atoms with van der Waals surface area (Å²) in [5.41, 5.74) is 0.0854. The number of rotatable bonds is 3. The number of carbonyl (C=O) groups is 2. The standard InChI is InChI=1S/C12H15O.C7H7O.Fe/c1-12(2,3)9-8-11(13)10-6-4-5-7-10;1-6(8)7-4-2-3-5-7;/h4-9H,1-3H3;2-5H,1H3;. The van der Waals surface area contributed by atoms with Gasteiger partial charge in [0.15, 0.2) is 0 Å². The molecule has 3 heteroatoms. The first kappa shape index (κ1) is 9.79. The fourth-order valence-electron chi connectivity index (χ4n) is 18.6. The van der Waals surface area contributed by atoms with Crippen molar-refractivity contribution in [1.82, 2.24) is 0 Å². The number of Topliss-reactive ketones (excluding diaryl/α,β-unsaturated/α-hetero) is 1. The normalized spacial score (nSPS) is 99.1. The van der Waals surface area contributed by atoms with Gasteiger partial charge in [-0.2, -0.15) is 0 Å². The van der Waals surface area contributed by atoms with Crippen molar-refractivity contribution in [3.8, 4) is 0 Å². The number of fused-ring (bicyclic) bond motifs is 10. The van der Waals surface area contributed by atoms with Crippen molar-refractivity contribution in [2.45, 2.75) is 74.9 Å². The molecule has 0 bridgehead atoms. The fraction of sp³-hybridized carbons (Fsp3) is 0.789. The molecule has 10 aliphatic rings. The molecule has 0 N–H and O–H groups in total. The Bertz CT molecular complexity index is 1260. The predicted octanol–water partition coefficient (Wildman–Crippen LogP) is 4.88. The van der Waals surface area contributed by atoms with Crippen LogP contribution in [0.25, 0.3) is 0 Å². The van der Waals surface area contributed by atoms with Crippen LogP contribution in [0, 0.1) is 5.41 Å². The Kier molecular flexibility index (Phi) is 0.393. The summed E-state index contributed by atoms with van der Waals surface area (Å²) in [6.07, 6.45) is 4.12. The molecule has 2 nitrogen and oxygen atoms in total. The van der Waals surface area contributed by atoms with Crippen LogP contribution in [-0.2, 0) is 16.1 Å². The molecule has 0 aromatic carbocycles. The molecule has 0 aliphatic carbocycles. The Hall–Kier alpha value is -0.401. The van der Waals surface area contributed by atoms with Gasteiger partial charge in [-0.05, 0) is 0 Å². The van der Waals surface area contributed by atoms with E-state index in [-0.39, 0.29) is 14.0 Å². The predicted molar refractivity (Wildman–Crippen MR) is 79.7 cm³/mol. The maximum atomic E-state index is 13.5. The Morgan fingerprint density at radius 2 is 1.36 bits per heavy atom. The average Bonchev–Trinajstić information content (AvgIpc) is 3.35. The van der Waals surface area contributed by atoms with E-state index in [1.165, 1.54) is 0 Å². The molecule has 10 heterocycles. The third kappa shape index (κ3) is 0.114. The Morgan fingerprint density at radius 3 is 1.68 bits per heavy atom. The van der Waals surface area contributed by atoms with Crippen LogP contribution in [0.3, 0.4) is 0 Å². The first-order valence-corrected chi connectivity index (χ1v) is 15.2. The maximum absolute atomic E-state index is 13.5. The third-order valence-electron chi connectivity index (χ3n) is 16.5. The molecular weight excluding hydrogens is 316 g/mol. The van der Waals surface area contributed by atoms with E-state index in [1.54, 1.807) is 0 Å². The quantitative estimate of drug-likeness (QED) is 0.543. The van der Waals surface area contributed by atoms with Gasteiger partial charge in [0.1, 0.15) is 0 Å². The molecule has 10 aliphatic heterocycles. The van der Waals surface area contributed by atoms with Gasteiger partial charge < -0.3 is 0 Å². The first-order valence-electron chi connectivity index (χ1n) is 8.96. The van der Waals surface area contributed by atoms with Gasteiger partial charge in [0.25, 0.3) is 0 Å². The average molecular weight is 338 g/mol. The van der Waals surface area contributed by atoms with E-state index in [4.69, 9.17) is 0 Å². The summed E-state index contributed by atoms with van der Waals surface area (Å²) in [5, 5.41) is 0. The molecule has 0 radical (unpaired) electrons. The van der Waals surface area contributed by atoms with Crippen LogP contribution in [0.2, 0.25) is 47.2 Å². The SMILES string of the molecule is CC(=O)[C]12[CH]3[CH]4[CH]5[CH]1[Fe]45321678[CH]2[CH]1[CH]6[C]7(C(=O)C=CC(C)(C)C)[CH]28. The van der Waals surface area contributed by atoms with Gasteiger partial charge in [0.2, 0.25) is 0 Å². The van der Waals surface area contributed by atoms with Crippen molar-refractivity contribution < 1.29 is 16.1 Å². The summed E-state index contributed by atoms with van der Waals surface area (Å²) in [4.78, 5) is 33.7. The van der Waals surface area contributed by atoms with Crippen molar-refractivity contribution in [3.63, 3.8) is 0 Å². The van der Waals surface area contributed by atoms with Gasteiger partial charge in [-0.15, -0.1) is 0 Å². The van der Waals surface area contributed by atoms with Gasteiger partial charge >= 0.3 is 120 Å². The Morgan fingerprint density at radius 1 is 0.909 bits per heavy atom. The summed E-state index contributed by atoms with van der Waals surface area (Å²) in [7, 11) is 0. The van der Waals surface area contributed by atoms with Crippen molar-refractivity contribution in [2.75, 3.05) is 0 Å². The first-order chi connectivity index (χ1) is 10.0. The van der Waals surface area contributed by atoms with E-state index in [2.05, 4.69) is 26.8 Å². The molecular formula is C19H22FeO2. The van der Waals surface area contributed by atoms with E-state index >= 15 is 0 Å². The number of hydrogen-bond acceptors (Lipinski definition) is 2. The van der Waals surface area contributed by atoms with E-state index in [0.717, 1.165) is 38.5 Å². The molecule has 0 saturated carbocycles.